The highest BCUT2D eigenvalue weighted by molar-refractivity contribution is 5.26. The Kier molecular flexibility index (Phi) is 2.86. The fourth-order valence-electron chi connectivity index (χ4n) is 0.821. The fourth-order valence-corrected chi connectivity index (χ4v) is 0.821. The van der Waals surface area contributed by atoms with Gasteiger partial charge in [0.25, 0.3) is 0 Å². The van der Waals surface area contributed by atoms with Gasteiger partial charge in [0.1, 0.15) is 5.75 Å². The third-order valence-corrected chi connectivity index (χ3v) is 1.43. The summed E-state index contributed by atoms with van der Waals surface area (Å²) < 4.78 is 16.5. The van der Waals surface area contributed by atoms with Crippen molar-refractivity contribution >= 4 is 0 Å². The van der Waals surface area contributed by atoms with E-state index in [9.17, 15) is 4.48 Å². The highest BCUT2D eigenvalue weighted by Gasteiger charge is 1.91. The second-order valence-electron chi connectivity index (χ2n) is 2.16. The predicted molar refractivity (Wildman–Crippen MR) is 40.9 cm³/mol. The Morgan fingerprint density at radius 3 is 2.45 bits per heavy atom. The van der Waals surface area contributed by atoms with Crippen molar-refractivity contribution in [3.05, 3.63) is 29.8 Å². The number of benzene rings is 1. The minimum atomic E-state index is 0.240. The lowest BCUT2D eigenvalue weighted by Gasteiger charge is -2.00. The fraction of sp³-hybridized carbons (Fsp3) is 0.250. The van der Waals surface area contributed by atoms with Crippen molar-refractivity contribution in [2.45, 2.75) is 6.54 Å². The van der Waals surface area contributed by atoms with E-state index in [1.807, 2.05) is 12.1 Å². The first-order chi connectivity index (χ1) is 5.36. The first-order valence-electron chi connectivity index (χ1n) is 3.33. The summed E-state index contributed by atoms with van der Waals surface area (Å²) >= 11 is 0. The molecule has 0 aromatic heterocycles. The molecule has 1 rings (SSSR count). The summed E-state index contributed by atoms with van der Waals surface area (Å²) in [5, 5.41) is 0. The molecule has 0 aliphatic rings. The quantitative estimate of drug-likeness (QED) is 0.670. The molecular formula is C8H10FNO. The SMILES string of the molecule is COc1ccc(CNF)cc1. The highest BCUT2D eigenvalue weighted by atomic mass is 19.2. The maximum atomic E-state index is 11.6. The van der Waals surface area contributed by atoms with Gasteiger partial charge in [0, 0.05) is 0 Å². The lowest BCUT2D eigenvalue weighted by atomic mass is 10.2. The van der Waals surface area contributed by atoms with Crippen molar-refractivity contribution in [2.24, 2.45) is 0 Å². The van der Waals surface area contributed by atoms with E-state index in [0.29, 0.717) is 0 Å². The summed E-state index contributed by atoms with van der Waals surface area (Å²) in [6.07, 6.45) is 0. The van der Waals surface area contributed by atoms with E-state index in [0.717, 1.165) is 11.3 Å². The molecular weight excluding hydrogens is 145 g/mol. The minimum Gasteiger partial charge on any atom is -0.497 e. The first-order valence-corrected chi connectivity index (χ1v) is 3.33. The van der Waals surface area contributed by atoms with Crippen molar-refractivity contribution < 1.29 is 9.22 Å². The summed E-state index contributed by atoms with van der Waals surface area (Å²) in [4.78, 5) is 0. The molecule has 1 aromatic carbocycles. The number of hydrogen-bond acceptors (Lipinski definition) is 2. The molecule has 1 N–H and O–H groups in total. The van der Waals surface area contributed by atoms with Crippen molar-refractivity contribution in [1.82, 2.24) is 5.54 Å². The third kappa shape index (κ3) is 2.20. The van der Waals surface area contributed by atoms with Crippen LogP contribution in [0.15, 0.2) is 24.3 Å². The van der Waals surface area contributed by atoms with Gasteiger partial charge in [0.05, 0.1) is 13.7 Å². The zero-order valence-electron chi connectivity index (χ0n) is 6.30. The molecule has 0 fully saturated rings. The van der Waals surface area contributed by atoms with Gasteiger partial charge in [-0.05, 0) is 17.7 Å². The van der Waals surface area contributed by atoms with Crippen LogP contribution >= 0.6 is 0 Å². The van der Waals surface area contributed by atoms with E-state index in [-0.39, 0.29) is 6.54 Å². The maximum absolute atomic E-state index is 11.6. The minimum absolute atomic E-state index is 0.240. The number of nitrogens with one attached hydrogen (secondary N) is 1. The molecule has 11 heavy (non-hydrogen) atoms. The summed E-state index contributed by atoms with van der Waals surface area (Å²) in [6.45, 7) is 0.240. The molecule has 0 saturated carbocycles. The molecule has 0 bridgehead atoms. The van der Waals surface area contributed by atoms with Crippen LogP contribution in [0.25, 0.3) is 0 Å². The number of hydrogen-bond donors (Lipinski definition) is 1. The normalized spacial score (nSPS) is 9.64. The first kappa shape index (κ1) is 8.01. The Balaban J connectivity index is 2.66. The van der Waals surface area contributed by atoms with E-state index < -0.39 is 0 Å². The molecule has 3 heteroatoms. The van der Waals surface area contributed by atoms with Crippen molar-refractivity contribution in [3.63, 3.8) is 0 Å². The van der Waals surface area contributed by atoms with Gasteiger partial charge in [0.2, 0.25) is 0 Å². The summed E-state index contributed by atoms with van der Waals surface area (Å²) in [6, 6.07) is 7.22. The van der Waals surface area contributed by atoms with E-state index in [1.54, 1.807) is 24.8 Å². The van der Waals surface area contributed by atoms with Crippen LogP contribution in [0.1, 0.15) is 5.56 Å². The molecule has 0 heterocycles. The van der Waals surface area contributed by atoms with Crippen LogP contribution in [0.2, 0.25) is 0 Å². The van der Waals surface area contributed by atoms with Gasteiger partial charge in [-0.3, -0.25) is 0 Å². The zero-order chi connectivity index (χ0) is 8.10. The van der Waals surface area contributed by atoms with E-state index in [4.69, 9.17) is 4.74 Å². The van der Waals surface area contributed by atoms with Gasteiger partial charge in [-0.15, -0.1) is 4.48 Å². The standard InChI is InChI=1S/C8H10FNO/c1-11-8-4-2-7(3-5-8)6-10-9/h2-5,10H,6H2,1H3. The lowest BCUT2D eigenvalue weighted by molar-refractivity contribution is 0.330. The summed E-state index contributed by atoms with van der Waals surface area (Å²) in [7, 11) is 1.60. The molecule has 0 atom stereocenters. The van der Waals surface area contributed by atoms with Gasteiger partial charge in [0.15, 0.2) is 0 Å². The number of ether oxygens (including phenoxy) is 1. The zero-order valence-corrected chi connectivity index (χ0v) is 6.30. The van der Waals surface area contributed by atoms with Gasteiger partial charge in [-0.1, -0.05) is 12.1 Å². The Morgan fingerprint density at radius 2 is 2.00 bits per heavy atom. The second kappa shape index (κ2) is 3.93. The average molecular weight is 155 g/mol. The third-order valence-electron chi connectivity index (χ3n) is 1.43. The van der Waals surface area contributed by atoms with Crippen molar-refractivity contribution in [3.8, 4) is 5.75 Å². The van der Waals surface area contributed by atoms with Crippen molar-refractivity contribution in [1.29, 1.82) is 0 Å². The molecule has 0 unspecified atom stereocenters. The molecule has 0 radical (unpaired) electrons. The maximum Gasteiger partial charge on any atom is 0.118 e. The molecule has 0 aliphatic heterocycles. The monoisotopic (exact) mass is 155 g/mol. The van der Waals surface area contributed by atoms with Crippen molar-refractivity contribution in [2.75, 3.05) is 7.11 Å². The molecule has 1 aromatic rings. The largest absolute Gasteiger partial charge is 0.497 e. The average Bonchev–Trinajstić information content (AvgIpc) is 2.07. The molecule has 0 saturated heterocycles. The number of halogens is 1. The molecule has 60 valence electrons. The Bertz CT molecular complexity index is 210. The summed E-state index contributed by atoms with van der Waals surface area (Å²) in [5.41, 5.74) is 2.48. The van der Waals surface area contributed by atoms with Gasteiger partial charge < -0.3 is 4.74 Å². The van der Waals surface area contributed by atoms with Gasteiger partial charge >= 0.3 is 0 Å². The number of methoxy groups -OCH3 is 1. The molecule has 0 amide bonds. The molecule has 0 spiro atoms. The van der Waals surface area contributed by atoms with E-state index >= 15 is 0 Å². The lowest BCUT2D eigenvalue weighted by Crippen LogP contribution is -1.98. The highest BCUT2D eigenvalue weighted by Crippen LogP contribution is 2.10. The molecule has 2 nitrogen and oxygen atoms in total. The van der Waals surface area contributed by atoms with E-state index in [2.05, 4.69) is 0 Å². The van der Waals surface area contributed by atoms with E-state index in [1.165, 1.54) is 0 Å². The number of rotatable bonds is 3. The molecule has 0 aliphatic carbocycles. The second-order valence-corrected chi connectivity index (χ2v) is 2.16. The van der Waals surface area contributed by atoms with Crippen LogP contribution in [-0.2, 0) is 6.54 Å². The summed E-state index contributed by atoms with van der Waals surface area (Å²) in [5.74, 6) is 0.785. The predicted octanol–water partition coefficient (Wildman–Crippen LogP) is 1.67. The Morgan fingerprint density at radius 1 is 1.36 bits per heavy atom. The Hall–Kier alpha value is -1.09. The van der Waals surface area contributed by atoms with Crippen LogP contribution in [-0.4, -0.2) is 7.11 Å². The smallest absolute Gasteiger partial charge is 0.118 e. The van der Waals surface area contributed by atoms with Crippen LogP contribution in [0.3, 0.4) is 0 Å². The van der Waals surface area contributed by atoms with Crippen LogP contribution in [0.4, 0.5) is 4.48 Å². The van der Waals surface area contributed by atoms with Gasteiger partial charge in [-0.2, -0.15) is 5.54 Å². The topological polar surface area (TPSA) is 21.3 Å². The van der Waals surface area contributed by atoms with Crippen LogP contribution in [0, 0.1) is 0 Å². The Labute approximate surface area is 64.9 Å². The van der Waals surface area contributed by atoms with Gasteiger partial charge in [-0.25, -0.2) is 0 Å². The van der Waals surface area contributed by atoms with Crippen LogP contribution in [0.5, 0.6) is 5.75 Å². The van der Waals surface area contributed by atoms with Crippen LogP contribution < -0.4 is 10.3 Å².